The summed E-state index contributed by atoms with van der Waals surface area (Å²) in [5.74, 6) is 0.0437. The summed E-state index contributed by atoms with van der Waals surface area (Å²) in [5, 5.41) is 5.13. The van der Waals surface area contributed by atoms with Gasteiger partial charge in [-0.05, 0) is 25.1 Å². The predicted molar refractivity (Wildman–Crippen MR) is 90.5 cm³/mol. The van der Waals surface area contributed by atoms with Gasteiger partial charge in [-0.1, -0.05) is 35.9 Å². The standard InChI is InChI=1S/C17H12ClNO2S/c1-11-19-12(10-22-11)6-9-17(20)21-16-8-7-15(18)13-4-2-3-5-14(13)16/h2-10H,1H3/b9-6+. The molecule has 0 fully saturated rings. The number of esters is 1. The number of thiazole rings is 1. The van der Waals surface area contributed by atoms with Gasteiger partial charge in [-0.3, -0.25) is 0 Å². The van der Waals surface area contributed by atoms with Crippen molar-refractivity contribution in [1.29, 1.82) is 0 Å². The zero-order chi connectivity index (χ0) is 15.5. The van der Waals surface area contributed by atoms with E-state index in [4.69, 9.17) is 16.3 Å². The second kappa shape index (κ2) is 6.30. The van der Waals surface area contributed by atoms with Crippen LogP contribution in [0.15, 0.2) is 47.9 Å². The van der Waals surface area contributed by atoms with E-state index in [-0.39, 0.29) is 0 Å². The van der Waals surface area contributed by atoms with Gasteiger partial charge >= 0.3 is 5.97 Å². The predicted octanol–water partition coefficient (Wildman–Crippen LogP) is 4.88. The Balaban J connectivity index is 1.82. The van der Waals surface area contributed by atoms with Crippen molar-refractivity contribution in [3.63, 3.8) is 0 Å². The van der Waals surface area contributed by atoms with Crippen LogP contribution in [0, 0.1) is 6.92 Å². The summed E-state index contributed by atoms with van der Waals surface area (Å²) in [4.78, 5) is 16.2. The Morgan fingerprint density at radius 2 is 2.00 bits per heavy atom. The van der Waals surface area contributed by atoms with Crippen LogP contribution in [-0.2, 0) is 4.79 Å². The van der Waals surface area contributed by atoms with Crippen LogP contribution in [0.25, 0.3) is 16.8 Å². The van der Waals surface area contributed by atoms with E-state index in [1.165, 1.54) is 17.4 Å². The van der Waals surface area contributed by atoms with Crippen molar-refractivity contribution < 1.29 is 9.53 Å². The Bertz CT molecular complexity index is 870. The summed E-state index contributed by atoms with van der Waals surface area (Å²) < 4.78 is 5.40. The van der Waals surface area contributed by atoms with Crippen molar-refractivity contribution in [2.45, 2.75) is 6.92 Å². The minimum Gasteiger partial charge on any atom is -0.423 e. The highest BCUT2D eigenvalue weighted by atomic mass is 35.5. The Morgan fingerprint density at radius 3 is 2.73 bits per heavy atom. The van der Waals surface area contributed by atoms with Gasteiger partial charge in [0.05, 0.1) is 10.7 Å². The number of aryl methyl sites for hydroxylation is 1. The second-order valence-corrected chi connectivity index (χ2v) is 6.11. The molecule has 3 nitrogen and oxygen atoms in total. The monoisotopic (exact) mass is 329 g/mol. The number of aromatic nitrogens is 1. The molecule has 1 heterocycles. The SMILES string of the molecule is Cc1nc(/C=C/C(=O)Oc2ccc(Cl)c3ccccc23)cs1. The molecule has 5 heteroatoms. The molecule has 1 aromatic heterocycles. The van der Waals surface area contributed by atoms with Crippen molar-refractivity contribution in [2.24, 2.45) is 0 Å². The van der Waals surface area contributed by atoms with E-state index < -0.39 is 5.97 Å². The lowest BCUT2D eigenvalue weighted by Crippen LogP contribution is -2.04. The van der Waals surface area contributed by atoms with Gasteiger partial charge in [0.15, 0.2) is 0 Å². The molecule has 110 valence electrons. The van der Waals surface area contributed by atoms with Gasteiger partial charge in [0.25, 0.3) is 0 Å². The lowest BCUT2D eigenvalue weighted by Gasteiger charge is -2.07. The number of benzene rings is 2. The molecule has 0 N–H and O–H groups in total. The number of carbonyl (C=O) groups is 1. The number of carbonyl (C=O) groups excluding carboxylic acids is 1. The molecule has 0 saturated heterocycles. The first-order valence-electron chi connectivity index (χ1n) is 6.63. The highest BCUT2D eigenvalue weighted by Crippen LogP contribution is 2.31. The molecule has 2 aromatic carbocycles. The Labute approximate surface area is 136 Å². The number of hydrogen-bond donors (Lipinski definition) is 0. The fraction of sp³-hybridized carbons (Fsp3) is 0.0588. The summed E-state index contributed by atoms with van der Waals surface area (Å²) >= 11 is 7.68. The van der Waals surface area contributed by atoms with Crippen LogP contribution >= 0.6 is 22.9 Å². The second-order valence-electron chi connectivity index (χ2n) is 4.64. The Hall–Kier alpha value is -2.17. The van der Waals surface area contributed by atoms with Crippen LogP contribution in [0.1, 0.15) is 10.7 Å². The number of ether oxygens (including phenoxy) is 1. The average Bonchev–Trinajstić information content (AvgIpc) is 2.94. The van der Waals surface area contributed by atoms with Crippen LogP contribution < -0.4 is 4.74 Å². The molecular weight excluding hydrogens is 318 g/mol. The Morgan fingerprint density at radius 1 is 1.23 bits per heavy atom. The summed E-state index contributed by atoms with van der Waals surface area (Å²) in [6.07, 6.45) is 3.02. The fourth-order valence-electron chi connectivity index (χ4n) is 2.08. The molecule has 3 aromatic rings. The summed E-state index contributed by atoms with van der Waals surface area (Å²) in [6.45, 7) is 1.92. The van der Waals surface area contributed by atoms with Gasteiger partial charge in [-0.2, -0.15) is 0 Å². The molecule has 0 aliphatic carbocycles. The molecule has 22 heavy (non-hydrogen) atoms. The molecule has 0 atom stereocenters. The number of halogens is 1. The van der Waals surface area contributed by atoms with E-state index in [9.17, 15) is 4.79 Å². The van der Waals surface area contributed by atoms with Gasteiger partial charge < -0.3 is 4.74 Å². The van der Waals surface area contributed by atoms with E-state index >= 15 is 0 Å². The fourth-order valence-corrected chi connectivity index (χ4v) is 2.88. The third kappa shape index (κ3) is 3.18. The van der Waals surface area contributed by atoms with Gasteiger partial charge in [-0.25, -0.2) is 9.78 Å². The first-order valence-corrected chi connectivity index (χ1v) is 7.88. The largest absolute Gasteiger partial charge is 0.423 e. The summed E-state index contributed by atoms with van der Waals surface area (Å²) in [6, 6.07) is 11.0. The van der Waals surface area contributed by atoms with Crippen molar-refractivity contribution >= 4 is 45.8 Å². The molecule has 0 unspecified atom stereocenters. The van der Waals surface area contributed by atoms with Crippen LogP contribution in [-0.4, -0.2) is 11.0 Å². The quantitative estimate of drug-likeness (QED) is 0.390. The molecule has 0 aliphatic rings. The van der Waals surface area contributed by atoms with Crippen molar-refractivity contribution in [3.8, 4) is 5.75 Å². The van der Waals surface area contributed by atoms with Gasteiger partial charge in [0, 0.05) is 27.3 Å². The van der Waals surface area contributed by atoms with E-state index in [1.807, 2.05) is 36.6 Å². The molecule has 3 rings (SSSR count). The third-order valence-electron chi connectivity index (χ3n) is 3.07. The molecule has 0 aliphatic heterocycles. The van der Waals surface area contributed by atoms with E-state index in [0.717, 1.165) is 21.5 Å². The minimum atomic E-state index is -0.446. The number of rotatable bonds is 3. The van der Waals surface area contributed by atoms with Gasteiger partial charge in [0.1, 0.15) is 5.75 Å². The van der Waals surface area contributed by atoms with Gasteiger partial charge in [-0.15, -0.1) is 11.3 Å². The maximum Gasteiger partial charge on any atom is 0.336 e. The lowest BCUT2D eigenvalue weighted by atomic mass is 10.1. The average molecular weight is 330 g/mol. The first-order chi connectivity index (χ1) is 10.6. The summed E-state index contributed by atoms with van der Waals surface area (Å²) in [7, 11) is 0. The third-order valence-corrected chi connectivity index (χ3v) is 4.19. The van der Waals surface area contributed by atoms with Gasteiger partial charge in [0.2, 0.25) is 0 Å². The van der Waals surface area contributed by atoms with Crippen molar-refractivity contribution in [1.82, 2.24) is 4.98 Å². The van der Waals surface area contributed by atoms with Crippen LogP contribution in [0.2, 0.25) is 5.02 Å². The zero-order valence-electron chi connectivity index (χ0n) is 11.7. The maximum absolute atomic E-state index is 12.0. The number of fused-ring (bicyclic) bond motifs is 1. The molecule has 0 amide bonds. The first kappa shape index (κ1) is 14.8. The van der Waals surface area contributed by atoms with Crippen LogP contribution in [0.3, 0.4) is 0 Å². The van der Waals surface area contributed by atoms with E-state index in [0.29, 0.717) is 10.8 Å². The molecule has 0 saturated carbocycles. The minimum absolute atomic E-state index is 0.446. The van der Waals surface area contributed by atoms with E-state index in [1.54, 1.807) is 18.2 Å². The maximum atomic E-state index is 12.0. The van der Waals surface area contributed by atoms with Crippen molar-refractivity contribution in [2.75, 3.05) is 0 Å². The topological polar surface area (TPSA) is 39.2 Å². The molecule has 0 bridgehead atoms. The number of nitrogens with zero attached hydrogens (tertiary/aromatic N) is 1. The van der Waals surface area contributed by atoms with Crippen LogP contribution in [0.5, 0.6) is 5.75 Å². The Kier molecular flexibility index (Phi) is 4.22. The zero-order valence-corrected chi connectivity index (χ0v) is 13.3. The molecular formula is C17H12ClNO2S. The van der Waals surface area contributed by atoms with Crippen molar-refractivity contribution in [3.05, 3.63) is 63.6 Å². The smallest absolute Gasteiger partial charge is 0.336 e. The molecule has 0 spiro atoms. The lowest BCUT2D eigenvalue weighted by molar-refractivity contribution is -0.128. The van der Waals surface area contributed by atoms with E-state index in [2.05, 4.69) is 4.98 Å². The normalized spacial score (nSPS) is 11.2. The highest BCUT2D eigenvalue weighted by molar-refractivity contribution is 7.09. The summed E-state index contributed by atoms with van der Waals surface area (Å²) in [5.41, 5.74) is 0.750. The van der Waals surface area contributed by atoms with Crippen LogP contribution in [0.4, 0.5) is 0 Å². The molecule has 0 radical (unpaired) electrons. The highest BCUT2D eigenvalue weighted by Gasteiger charge is 2.08. The number of hydrogen-bond acceptors (Lipinski definition) is 4.